The first-order valence-corrected chi connectivity index (χ1v) is 10.8. The van der Waals surface area contributed by atoms with Gasteiger partial charge in [-0.05, 0) is 63.8 Å². The van der Waals surface area contributed by atoms with Crippen molar-refractivity contribution in [3.05, 3.63) is 50.4 Å². The third-order valence-electron chi connectivity index (χ3n) is 6.18. The summed E-state index contributed by atoms with van der Waals surface area (Å²) in [5.41, 5.74) is 2.00. The molecule has 0 spiro atoms. The molecule has 1 unspecified atom stereocenters. The summed E-state index contributed by atoms with van der Waals surface area (Å²) in [6.07, 6.45) is 6.50. The second-order valence-corrected chi connectivity index (χ2v) is 8.73. The summed E-state index contributed by atoms with van der Waals surface area (Å²) in [6.45, 7) is 7.26. The summed E-state index contributed by atoms with van der Waals surface area (Å²) in [5, 5.41) is 5.20. The summed E-state index contributed by atoms with van der Waals surface area (Å²) in [5.74, 6) is 0. The fourth-order valence-corrected chi connectivity index (χ4v) is 4.90. The Labute approximate surface area is 175 Å². The van der Waals surface area contributed by atoms with Gasteiger partial charge in [0.05, 0.1) is 17.6 Å². The van der Waals surface area contributed by atoms with Crippen LogP contribution in [0.25, 0.3) is 5.69 Å². The lowest BCUT2D eigenvalue weighted by molar-refractivity contribution is 0.163. The highest BCUT2D eigenvalue weighted by Gasteiger charge is 2.31. The summed E-state index contributed by atoms with van der Waals surface area (Å²) >= 11 is 12.7. The van der Waals surface area contributed by atoms with Crippen molar-refractivity contribution in [2.75, 3.05) is 24.5 Å². The molecule has 7 heteroatoms. The standard InChI is InChI=1S/C21H26Cl2N4O/c1-14-5-6-17(12-18(14)22)27-21(28)20(23)19(13-24-27)25-10-7-16(8-11-25)26-9-3-4-15(26)2/h5-6,12-13,15-16H,3-4,7-11H2,1-2H3. The van der Waals surface area contributed by atoms with Gasteiger partial charge < -0.3 is 4.90 Å². The molecule has 5 nitrogen and oxygen atoms in total. The van der Waals surface area contributed by atoms with Crippen LogP contribution in [-0.2, 0) is 0 Å². The van der Waals surface area contributed by atoms with E-state index in [0.29, 0.717) is 22.8 Å². The minimum atomic E-state index is -0.311. The van der Waals surface area contributed by atoms with E-state index in [1.54, 1.807) is 12.3 Å². The molecule has 0 bridgehead atoms. The Morgan fingerprint density at radius 3 is 2.50 bits per heavy atom. The molecule has 2 aliphatic rings. The highest BCUT2D eigenvalue weighted by atomic mass is 35.5. The number of hydrogen-bond donors (Lipinski definition) is 0. The van der Waals surface area contributed by atoms with Gasteiger partial charge in [0.2, 0.25) is 0 Å². The zero-order chi connectivity index (χ0) is 19.8. The molecule has 2 aliphatic heterocycles. The van der Waals surface area contributed by atoms with Crippen molar-refractivity contribution < 1.29 is 0 Å². The third kappa shape index (κ3) is 3.68. The van der Waals surface area contributed by atoms with Crippen molar-refractivity contribution in [3.63, 3.8) is 0 Å². The van der Waals surface area contributed by atoms with Crippen LogP contribution in [0.4, 0.5) is 5.69 Å². The number of aromatic nitrogens is 2. The van der Waals surface area contributed by atoms with Gasteiger partial charge in [-0.25, -0.2) is 0 Å². The van der Waals surface area contributed by atoms with E-state index in [1.165, 1.54) is 24.1 Å². The van der Waals surface area contributed by atoms with E-state index in [2.05, 4.69) is 21.8 Å². The Hall–Kier alpha value is -1.56. The minimum absolute atomic E-state index is 0.222. The fraction of sp³-hybridized carbons (Fsp3) is 0.524. The van der Waals surface area contributed by atoms with Crippen molar-refractivity contribution in [1.82, 2.24) is 14.7 Å². The van der Waals surface area contributed by atoms with E-state index in [9.17, 15) is 4.79 Å². The first-order valence-electron chi connectivity index (χ1n) is 10.0. The van der Waals surface area contributed by atoms with Gasteiger partial charge in [-0.2, -0.15) is 9.78 Å². The van der Waals surface area contributed by atoms with Gasteiger partial charge in [0.25, 0.3) is 5.56 Å². The van der Waals surface area contributed by atoms with Crippen molar-refractivity contribution in [2.24, 2.45) is 0 Å². The largest absolute Gasteiger partial charge is 0.369 e. The van der Waals surface area contributed by atoms with Crippen LogP contribution >= 0.6 is 23.2 Å². The van der Waals surface area contributed by atoms with Crippen LogP contribution in [-0.4, -0.2) is 46.4 Å². The van der Waals surface area contributed by atoms with Crippen LogP contribution in [0.2, 0.25) is 10.0 Å². The lowest BCUT2D eigenvalue weighted by Gasteiger charge is -2.39. The maximum atomic E-state index is 12.8. The summed E-state index contributed by atoms with van der Waals surface area (Å²) in [7, 11) is 0. The molecule has 0 saturated carbocycles. The molecular weight excluding hydrogens is 395 g/mol. The molecule has 1 aromatic heterocycles. The smallest absolute Gasteiger partial charge is 0.292 e. The van der Waals surface area contributed by atoms with Gasteiger partial charge in [-0.3, -0.25) is 9.69 Å². The molecule has 2 fully saturated rings. The van der Waals surface area contributed by atoms with Crippen LogP contribution < -0.4 is 10.5 Å². The Bertz CT molecular complexity index is 921. The summed E-state index contributed by atoms with van der Waals surface area (Å²) < 4.78 is 1.32. The van der Waals surface area contributed by atoms with Crippen molar-refractivity contribution in [3.8, 4) is 5.69 Å². The molecule has 2 aromatic rings. The van der Waals surface area contributed by atoms with E-state index >= 15 is 0 Å². The maximum Gasteiger partial charge on any atom is 0.292 e. The molecule has 150 valence electrons. The fourth-order valence-electron chi connectivity index (χ4n) is 4.48. The highest BCUT2D eigenvalue weighted by Crippen LogP contribution is 2.30. The molecule has 4 rings (SSSR count). The molecule has 3 heterocycles. The number of nitrogens with zero attached hydrogens (tertiary/aromatic N) is 4. The second-order valence-electron chi connectivity index (χ2n) is 7.94. The van der Waals surface area contributed by atoms with Gasteiger partial charge in [0.15, 0.2) is 0 Å². The molecule has 0 aliphatic carbocycles. The third-order valence-corrected chi connectivity index (χ3v) is 6.94. The van der Waals surface area contributed by atoms with Crippen LogP contribution in [0, 0.1) is 6.92 Å². The topological polar surface area (TPSA) is 41.4 Å². The average molecular weight is 421 g/mol. The van der Waals surface area contributed by atoms with E-state index < -0.39 is 0 Å². The molecule has 1 atom stereocenters. The zero-order valence-electron chi connectivity index (χ0n) is 16.4. The Balaban J connectivity index is 1.53. The number of halogens is 2. The number of benzene rings is 1. The van der Waals surface area contributed by atoms with Crippen LogP contribution in [0.1, 0.15) is 38.2 Å². The molecule has 2 saturated heterocycles. The molecule has 0 N–H and O–H groups in total. The van der Waals surface area contributed by atoms with Crippen LogP contribution in [0.5, 0.6) is 0 Å². The Morgan fingerprint density at radius 1 is 1.11 bits per heavy atom. The van der Waals surface area contributed by atoms with E-state index in [0.717, 1.165) is 37.2 Å². The normalized spacial score (nSPS) is 21.4. The number of aryl methyl sites for hydroxylation is 1. The van der Waals surface area contributed by atoms with Gasteiger partial charge in [0, 0.05) is 30.2 Å². The maximum absolute atomic E-state index is 12.8. The SMILES string of the molecule is Cc1ccc(-n2ncc(N3CCC(N4CCCC4C)CC3)c(Cl)c2=O)cc1Cl. The lowest BCUT2D eigenvalue weighted by atomic mass is 10.0. The molecule has 1 aromatic carbocycles. The van der Waals surface area contributed by atoms with Gasteiger partial charge in [-0.15, -0.1) is 0 Å². The molecule has 0 radical (unpaired) electrons. The van der Waals surface area contributed by atoms with Crippen LogP contribution in [0.15, 0.2) is 29.2 Å². The predicted octanol–water partition coefficient (Wildman–Crippen LogP) is 4.30. The van der Waals surface area contributed by atoms with Gasteiger partial charge >= 0.3 is 0 Å². The first-order chi connectivity index (χ1) is 13.5. The van der Waals surface area contributed by atoms with Gasteiger partial charge in [0.1, 0.15) is 5.02 Å². The van der Waals surface area contributed by atoms with E-state index in [1.807, 2.05) is 19.1 Å². The number of anilines is 1. The first kappa shape index (κ1) is 19.7. The number of rotatable bonds is 3. The quantitative estimate of drug-likeness (QED) is 0.741. The van der Waals surface area contributed by atoms with E-state index in [-0.39, 0.29) is 10.6 Å². The Kier molecular flexibility index (Phi) is 5.68. The second kappa shape index (κ2) is 8.05. The van der Waals surface area contributed by atoms with Crippen molar-refractivity contribution in [2.45, 2.75) is 51.6 Å². The Morgan fingerprint density at radius 2 is 1.86 bits per heavy atom. The molecular formula is C21H26Cl2N4O. The van der Waals surface area contributed by atoms with Crippen LogP contribution in [0.3, 0.4) is 0 Å². The van der Waals surface area contributed by atoms with Crippen molar-refractivity contribution >= 4 is 28.9 Å². The molecule has 0 amide bonds. The number of hydrogen-bond acceptors (Lipinski definition) is 4. The average Bonchev–Trinajstić information content (AvgIpc) is 3.12. The summed E-state index contributed by atoms with van der Waals surface area (Å²) in [4.78, 5) is 17.7. The minimum Gasteiger partial charge on any atom is -0.369 e. The zero-order valence-corrected chi connectivity index (χ0v) is 17.9. The van der Waals surface area contributed by atoms with Gasteiger partial charge in [-0.1, -0.05) is 29.3 Å². The number of piperidine rings is 1. The monoisotopic (exact) mass is 420 g/mol. The molecule has 28 heavy (non-hydrogen) atoms. The predicted molar refractivity (Wildman–Crippen MR) is 115 cm³/mol. The van der Waals surface area contributed by atoms with E-state index in [4.69, 9.17) is 23.2 Å². The van der Waals surface area contributed by atoms with Crippen molar-refractivity contribution in [1.29, 1.82) is 0 Å². The highest BCUT2D eigenvalue weighted by molar-refractivity contribution is 6.33. The number of likely N-dealkylation sites (tertiary alicyclic amines) is 1. The summed E-state index contributed by atoms with van der Waals surface area (Å²) in [6, 6.07) is 6.76. The lowest BCUT2D eigenvalue weighted by Crippen LogP contribution is -2.46.